The minimum atomic E-state index is -0.366. The summed E-state index contributed by atoms with van der Waals surface area (Å²) in [6.45, 7) is 2.91. The number of rotatable bonds is 9. The normalized spacial score (nSPS) is 14.3. The molecule has 0 aliphatic heterocycles. The highest BCUT2D eigenvalue weighted by atomic mass is 16.5. The zero-order valence-electron chi connectivity index (χ0n) is 11.0. The molecule has 1 rings (SSSR count). The van der Waals surface area contributed by atoms with Gasteiger partial charge in [-0.1, -0.05) is 0 Å². The van der Waals surface area contributed by atoms with Gasteiger partial charge in [-0.25, -0.2) is 0 Å². The lowest BCUT2D eigenvalue weighted by atomic mass is 10.4. The lowest BCUT2D eigenvalue weighted by Gasteiger charge is -2.21. The third-order valence-electron chi connectivity index (χ3n) is 2.57. The van der Waals surface area contributed by atoms with Gasteiger partial charge in [-0.05, 0) is 19.8 Å². The first-order valence-electron chi connectivity index (χ1n) is 6.20. The van der Waals surface area contributed by atoms with Gasteiger partial charge in [-0.15, -0.1) is 0 Å². The summed E-state index contributed by atoms with van der Waals surface area (Å²) in [6, 6.07) is 0.174. The average molecular weight is 259 g/mol. The van der Waals surface area contributed by atoms with Gasteiger partial charge in [-0.3, -0.25) is 9.59 Å². The Morgan fingerprint density at radius 3 is 2.56 bits per heavy atom. The number of nitrogens with zero attached hydrogens (tertiary/aromatic N) is 1. The van der Waals surface area contributed by atoms with Crippen LogP contribution in [0.15, 0.2) is 0 Å². The molecule has 1 aliphatic carbocycles. The summed E-state index contributed by atoms with van der Waals surface area (Å²) in [7, 11) is 1.57. The van der Waals surface area contributed by atoms with Crippen LogP contribution in [-0.2, 0) is 23.8 Å². The number of hydrogen-bond donors (Lipinski definition) is 0. The highest BCUT2D eigenvalue weighted by molar-refractivity contribution is 5.83. The molecule has 0 aromatic carbocycles. The summed E-state index contributed by atoms with van der Waals surface area (Å²) in [6.07, 6.45) is 1.90. The SMILES string of the molecule is CCOC(=O)CN(C(=O)COCCOC)C1CC1. The van der Waals surface area contributed by atoms with Gasteiger partial charge in [-0.2, -0.15) is 0 Å². The molecule has 18 heavy (non-hydrogen) atoms. The standard InChI is InChI=1S/C12H21NO5/c1-3-18-12(15)8-13(10-4-5-10)11(14)9-17-7-6-16-2/h10H,3-9H2,1-2H3. The quantitative estimate of drug-likeness (QED) is 0.437. The topological polar surface area (TPSA) is 65.1 Å². The predicted molar refractivity (Wildman–Crippen MR) is 64.1 cm³/mol. The van der Waals surface area contributed by atoms with Crippen molar-refractivity contribution in [3.05, 3.63) is 0 Å². The second-order valence-electron chi connectivity index (χ2n) is 4.10. The summed E-state index contributed by atoms with van der Waals surface area (Å²) < 4.78 is 14.8. The molecule has 0 N–H and O–H groups in total. The summed E-state index contributed by atoms with van der Waals surface area (Å²) in [4.78, 5) is 24.8. The van der Waals surface area contributed by atoms with Crippen LogP contribution < -0.4 is 0 Å². The van der Waals surface area contributed by atoms with Gasteiger partial charge in [0.25, 0.3) is 0 Å². The predicted octanol–water partition coefficient (Wildman–Crippen LogP) is 0.204. The van der Waals surface area contributed by atoms with Crippen molar-refractivity contribution in [3.8, 4) is 0 Å². The fourth-order valence-electron chi connectivity index (χ4n) is 1.54. The van der Waals surface area contributed by atoms with Crippen molar-refractivity contribution in [2.45, 2.75) is 25.8 Å². The molecule has 1 fully saturated rings. The van der Waals surface area contributed by atoms with Gasteiger partial charge in [0.15, 0.2) is 0 Å². The highest BCUT2D eigenvalue weighted by Crippen LogP contribution is 2.26. The molecular weight excluding hydrogens is 238 g/mol. The van der Waals surface area contributed by atoms with Gasteiger partial charge in [0, 0.05) is 13.2 Å². The van der Waals surface area contributed by atoms with E-state index in [2.05, 4.69) is 0 Å². The van der Waals surface area contributed by atoms with E-state index in [4.69, 9.17) is 14.2 Å². The number of hydrogen-bond acceptors (Lipinski definition) is 5. The van der Waals surface area contributed by atoms with E-state index in [1.807, 2.05) is 0 Å². The summed E-state index contributed by atoms with van der Waals surface area (Å²) in [5.41, 5.74) is 0. The Labute approximate surface area is 107 Å². The fraction of sp³-hybridized carbons (Fsp3) is 0.833. The summed E-state index contributed by atoms with van der Waals surface area (Å²) in [5, 5.41) is 0. The van der Waals surface area contributed by atoms with E-state index in [0.717, 1.165) is 12.8 Å². The molecule has 1 saturated carbocycles. The van der Waals surface area contributed by atoms with Crippen molar-refractivity contribution in [1.82, 2.24) is 4.90 Å². The van der Waals surface area contributed by atoms with Gasteiger partial charge >= 0.3 is 5.97 Å². The van der Waals surface area contributed by atoms with Gasteiger partial charge in [0.2, 0.25) is 5.91 Å². The molecule has 1 aliphatic rings. The zero-order valence-corrected chi connectivity index (χ0v) is 11.0. The van der Waals surface area contributed by atoms with Gasteiger partial charge in [0.05, 0.1) is 19.8 Å². The Morgan fingerprint density at radius 2 is 2.00 bits per heavy atom. The maximum atomic E-state index is 11.9. The van der Waals surface area contributed by atoms with Crippen molar-refractivity contribution in [2.24, 2.45) is 0 Å². The molecule has 1 amide bonds. The van der Waals surface area contributed by atoms with Gasteiger partial charge < -0.3 is 19.1 Å². The van der Waals surface area contributed by atoms with E-state index in [1.54, 1.807) is 18.9 Å². The third kappa shape index (κ3) is 5.46. The molecule has 0 unspecified atom stereocenters. The number of ether oxygens (including phenoxy) is 3. The first-order valence-corrected chi connectivity index (χ1v) is 6.20. The molecule has 0 spiro atoms. The number of carbonyl (C=O) groups excluding carboxylic acids is 2. The number of esters is 1. The summed E-state index contributed by atoms with van der Waals surface area (Å²) >= 11 is 0. The summed E-state index contributed by atoms with van der Waals surface area (Å²) in [5.74, 6) is -0.531. The van der Waals surface area contributed by atoms with Crippen LogP contribution in [0.4, 0.5) is 0 Å². The molecule has 0 aromatic heterocycles. The van der Waals surface area contributed by atoms with Crippen molar-refractivity contribution in [2.75, 3.05) is 40.1 Å². The fourth-order valence-corrected chi connectivity index (χ4v) is 1.54. The lowest BCUT2D eigenvalue weighted by molar-refractivity contribution is -0.151. The Balaban J connectivity index is 2.31. The number of carbonyl (C=O) groups is 2. The monoisotopic (exact) mass is 259 g/mol. The van der Waals surface area contributed by atoms with Crippen LogP contribution in [0.2, 0.25) is 0 Å². The molecule has 104 valence electrons. The van der Waals surface area contributed by atoms with Crippen LogP contribution in [0.25, 0.3) is 0 Å². The molecule has 0 bridgehead atoms. The van der Waals surface area contributed by atoms with Crippen molar-refractivity contribution in [1.29, 1.82) is 0 Å². The van der Waals surface area contributed by atoms with E-state index in [0.29, 0.717) is 19.8 Å². The van der Waals surface area contributed by atoms with Crippen molar-refractivity contribution >= 4 is 11.9 Å². The maximum Gasteiger partial charge on any atom is 0.325 e. The maximum absolute atomic E-state index is 11.9. The second-order valence-corrected chi connectivity index (χ2v) is 4.10. The molecular formula is C12H21NO5. The van der Waals surface area contributed by atoms with Crippen LogP contribution in [0.5, 0.6) is 0 Å². The van der Waals surface area contributed by atoms with E-state index >= 15 is 0 Å². The molecule has 6 nitrogen and oxygen atoms in total. The third-order valence-corrected chi connectivity index (χ3v) is 2.57. The van der Waals surface area contributed by atoms with Crippen molar-refractivity contribution in [3.63, 3.8) is 0 Å². The van der Waals surface area contributed by atoms with Crippen LogP contribution in [0.1, 0.15) is 19.8 Å². The van der Waals surface area contributed by atoms with E-state index in [9.17, 15) is 9.59 Å². The first-order chi connectivity index (χ1) is 8.69. The Hall–Kier alpha value is -1.14. The van der Waals surface area contributed by atoms with Crippen molar-refractivity contribution < 1.29 is 23.8 Å². The molecule has 0 aromatic rings. The molecule has 0 radical (unpaired) electrons. The number of amides is 1. The Kier molecular flexibility index (Phi) is 6.67. The minimum absolute atomic E-state index is 0.0146. The number of methoxy groups -OCH3 is 1. The Morgan fingerprint density at radius 1 is 1.28 bits per heavy atom. The smallest absolute Gasteiger partial charge is 0.325 e. The highest BCUT2D eigenvalue weighted by Gasteiger charge is 2.34. The minimum Gasteiger partial charge on any atom is -0.465 e. The first kappa shape index (κ1) is 14.9. The van der Waals surface area contributed by atoms with Crippen LogP contribution in [-0.4, -0.2) is 62.9 Å². The molecule has 6 heteroatoms. The Bertz CT molecular complexity index is 278. The lowest BCUT2D eigenvalue weighted by Crippen LogP contribution is -2.40. The molecule has 0 atom stereocenters. The zero-order chi connectivity index (χ0) is 13.4. The van der Waals surface area contributed by atoms with Crippen LogP contribution >= 0.6 is 0 Å². The second kappa shape index (κ2) is 8.05. The van der Waals surface area contributed by atoms with E-state index < -0.39 is 0 Å². The van der Waals surface area contributed by atoms with E-state index in [-0.39, 0.29) is 31.1 Å². The van der Waals surface area contributed by atoms with Gasteiger partial charge in [0.1, 0.15) is 13.2 Å². The average Bonchev–Trinajstić information content (AvgIpc) is 3.16. The van der Waals surface area contributed by atoms with E-state index in [1.165, 1.54) is 0 Å². The van der Waals surface area contributed by atoms with Crippen LogP contribution in [0.3, 0.4) is 0 Å². The molecule has 0 saturated heterocycles. The van der Waals surface area contributed by atoms with Crippen LogP contribution in [0, 0.1) is 0 Å². The molecule has 0 heterocycles. The largest absolute Gasteiger partial charge is 0.465 e.